The minimum atomic E-state index is -0.654. The highest BCUT2D eigenvalue weighted by atomic mass is 16.6. The Labute approximate surface area is 367 Å². The molecule has 9 rings (SSSR count). The zero-order valence-electron chi connectivity index (χ0n) is 37.1. The highest BCUT2D eigenvalue weighted by molar-refractivity contribution is 6.14. The van der Waals surface area contributed by atoms with Crippen molar-refractivity contribution in [1.29, 1.82) is 0 Å². The van der Waals surface area contributed by atoms with Gasteiger partial charge in [0.05, 0.1) is 11.1 Å². The van der Waals surface area contributed by atoms with E-state index in [9.17, 15) is 19.2 Å². The predicted octanol–water partition coefficient (Wildman–Crippen LogP) is 13.6. The molecule has 4 aromatic rings. The van der Waals surface area contributed by atoms with E-state index in [1.54, 1.807) is 36.4 Å². The number of aldehydes is 2. The molecule has 0 bridgehead atoms. The Bertz CT molecular complexity index is 2360. The number of hydrogen-bond donors (Lipinski definition) is 0. The molecule has 9 unspecified atom stereocenters. The summed E-state index contributed by atoms with van der Waals surface area (Å²) in [5, 5.41) is 0. The first kappa shape index (κ1) is 42.3. The third-order valence-electron chi connectivity index (χ3n) is 17.1. The van der Waals surface area contributed by atoms with Gasteiger partial charge in [0.2, 0.25) is 0 Å². The average Bonchev–Trinajstić information content (AvgIpc) is 3.77. The summed E-state index contributed by atoms with van der Waals surface area (Å²) >= 11 is 0. The minimum Gasteiger partial charge on any atom is -0.457 e. The molecular formula is C55H62O7. The standard InChI is InChI=1S/C55H62O7/c1-34(2)9-6-10-35(3)47-22-23-48-45-21-24-50-54(5,49(45)25-28-53(47,48)4)26-8-27-55(50,39-11-7-12-41(30-39)61-42-16-13-36(32-56)37(29-42)33-57)38-14-17-40(18-15-38)60-43-19-20-44-46(31-43)52(59)62-51(44)58/h7,11-20,29-35,45,47-50H,6,8-10,21-28H2,1-5H3. The molecule has 0 spiro atoms. The third kappa shape index (κ3) is 7.21. The molecule has 324 valence electrons. The Balaban J connectivity index is 1.05. The minimum absolute atomic E-state index is 0.148. The highest BCUT2D eigenvalue weighted by Crippen LogP contribution is 2.71. The molecule has 4 fully saturated rings. The van der Waals surface area contributed by atoms with Gasteiger partial charge in [-0.15, -0.1) is 0 Å². The maximum absolute atomic E-state index is 12.3. The molecule has 0 amide bonds. The normalized spacial score (nSPS) is 30.4. The number of esters is 2. The molecule has 4 saturated carbocycles. The summed E-state index contributed by atoms with van der Waals surface area (Å²) in [7, 11) is 0. The fraction of sp³-hybridized carbons (Fsp3) is 0.491. The number of hydrogen-bond acceptors (Lipinski definition) is 7. The van der Waals surface area contributed by atoms with Crippen LogP contribution in [0.2, 0.25) is 0 Å². The number of rotatable bonds is 13. The molecule has 62 heavy (non-hydrogen) atoms. The summed E-state index contributed by atoms with van der Waals surface area (Å²) in [6.07, 6.45) is 16.6. The van der Waals surface area contributed by atoms with E-state index >= 15 is 0 Å². The van der Waals surface area contributed by atoms with E-state index in [1.807, 2.05) is 18.2 Å². The van der Waals surface area contributed by atoms with Gasteiger partial charge in [0, 0.05) is 16.5 Å². The predicted molar refractivity (Wildman–Crippen MR) is 240 cm³/mol. The van der Waals surface area contributed by atoms with E-state index < -0.39 is 11.9 Å². The first-order valence-corrected chi connectivity index (χ1v) is 23.4. The van der Waals surface area contributed by atoms with Crippen molar-refractivity contribution in [1.82, 2.24) is 0 Å². The maximum Gasteiger partial charge on any atom is 0.347 e. The van der Waals surface area contributed by atoms with Crippen molar-refractivity contribution in [2.24, 2.45) is 52.3 Å². The highest BCUT2D eigenvalue weighted by Gasteiger charge is 2.64. The van der Waals surface area contributed by atoms with Gasteiger partial charge in [0.25, 0.3) is 0 Å². The summed E-state index contributed by atoms with van der Waals surface area (Å²) in [5.41, 5.74) is 3.89. The van der Waals surface area contributed by atoms with Crippen LogP contribution in [-0.2, 0) is 10.2 Å². The average molecular weight is 835 g/mol. The van der Waals surface area contributed by atoms with Crippen molar-refractivity contribution in [3.8, 4) is 23.0 Å². The monoisotopic (exact) mass is 834 g/mol. The van der Waals surface area contributed by atoms with E-state index in [0.717, 1.165) is 42.4 Å². The van der Waals surface area contributed by atoms with Crippen LogP contribution in [0, 0.1) is 52.3 Å². The van der Waals surface area contributed by atoms with Crippen LogP contribution in [-0.4, -0.2) is 24.5 Å². The van der Waals surface area contributed by atoms with Gasteiger partial charge >= 0.3 is 11.9 Å². The Morgan fingerprint density at radius 1 is 0.645 bits per heavy atom. The molecular weight excluding hydrogens is 773 g/mol. The molecule has 7 nitrogen and oxygen atoms in total. The number of benzene rings is 4. The first-order valence-electron chi connectivity index (χ1n) is 23.4. The summed E-state index contributed by atoms with van der Waals surface area (Å²) in [5.74, 6) is 6.04. The quantitative estimate of drug-likeness (QED) is 0.0752. The van der Waals surface area contributed by atoms with Gasteiger partial charge < -0.3 is 14.2 Å². The Hall–Kier alpha value is -5.04. The van der Waals surface area contributed by atoms with Crippen molar-refractivity contribution in [3.63, 3.8) is 0 Å². The van der Waals surface area contributed by atoms with E-state index in [1.165, 1.54) is 75.3 Å². The maximum atomic E-state index is 12.3. The number of carbonyl (C=O) groups excluding carboxylic acids is 4. The van der Waals surface area contributed by atoms with Crippen LogP contribution >= 0.6 is 0 Å². The number of cyclic esters (lactones) is 2. The van der Waals surface area contributed by atoms with Gasteiger partial charge in [-0.25, -0.2) is 9.59 Å². The van der Waals surface area contributed by atoms with Crippen LogP contribution in [0.4, 0.5) is 0 Å². The lowest BCUT2D eigenvalue weighted by Gasteiger charge is -2.65. The van der Waals surface area contributed by atoms with E-state index in [-0.39, 0.29) is 22.0 Å². The fourth-order valence-corrected chi connectivity index (χ4v) is 14.3. The zero-order valence-corrected chi connectivity index (χ0v) is 37.1. The second-order valence-electron chi connectivity index (χ2n) is 20.5. The second-order valence-corrected chi connectivity index (χ2v) is 20.5. The van der Waals surface area contributed by atoms with Gasteiger partial charge in [-0.3, -0.25) is 9.59 Å². The molecule has 0 aromatic heterocycles. The lowest BCUT2D eigenvalue weighted by molar-refractivity contribution is -0.131. The van der Waals surface area contributed by atoms with Gasteiger partial charge in [-0.2, -0.15) is 0 Å². The lowest BCUT2D eigenvalue weighted by Crippen LogP contribution is -2.59. The third-order valence-corrected chi connectivity index (χ3v) is 17.1. The number of ether oxygens (including phenoxy) is 3. The van der Waals surface area contributed by atoms with E-state index in [2.05, 4.69) is 65.0 Å². The smallest absolute Gasteiger partial charge is 0.347 e. The summed E-state index contributed by atoms with van der Waals surface area (Å²) < 4.78 is 17.6. The Morgan fingerprint density at radius 3 is 2.11 bits per heavy atom. The molecule has 9 atom stereocenters. The van der Waals surface area contributed by atoms with Crippen molar-refractivity contribution in [2.45, 2.75) is 117 Å². The second kappa shape index (κ2) is 16.6. The van der Waals surface area contributed by atoms with Crippen LogP contribution < -0.4 is 9.47 Å². The van der Waals surface area contributed by atoms with Crippen molar-refractivity contribution in [3.05, 3.63) is 118 Å². The van der Waals surface area contributed by atoms with Gasteiger partial charge in [-0.05, 0) is 175 Å². The topological polar surface area (TPSA) is 96.0 Å². The van der Waals surface area contributed by atoms with Crippen LogP contribution in [0.1, 0.15) is 164 Å². The van der Waals surface area contributed by atoms with Crippen LogP contribution in [0.15, 0.2) is 84.9 Å². The molecule has 1 heterocycles. The molecule has 0 radical (unpaired) electrons. The van der Waals surface area contributed by atoms with E-state index in [4.69, 9.17) is 14.2 Å². The Morgan fingerprint density at radius 2 is 1.34 bits per heavy atom. The summed E-state index contributed by atoms with van der Waals surface area (Å²) in [4.78, 5) is 47.8. The molecule has 4 aromatic carbocycles. The van der Waals surface area contributed by atoms with Crippen molar-refractivity contribution in [2.75, 3.05) is 0 Å². The van der Waals surface area contributed by atoms with Gasteiger partial charge in [0.1, 0.15) is 23.0 Å². The van der Waals surface area contributed by atoms with Crippen molar-refractivity contribution >= 4 is 24.5 Å². The molecule has 7 heteroatoms. The number of fused-ring (bicyclic) bond motifs is 6. The van der Waals surface area contributed by atoms with Crippen LogP contribution in [0.5, 0.6) is 23.0 Å². The van der Waals surface area contributed by atoms with Crippen LogP contribution in [0.25, 0.3) is 0 Å². The fourth-order valence-electron chi connectivity index (χ4n) is 14.3. The van der Waals surface area contributed by atoms with Crippen LogP contribution in [0.3, 0.4) is 0 Å². The largest absolute Gasteiger partial charge is 0.457 e. The molecule has 1 aliphatic heterocycles. The lowest BCUT2D eigenvalue weighted by atomic mass is 9.39. The molecule has 0 saturated heterocycles. The zero-order chi connectivity index (χ0) is 43.4. The summed E-state index contributed by atoms with van der Waals surface area (Å²) in [6, 6.07) is 27.0. The van der Waals surface area contributed by atoms with Gasteiger partial charge in [0.15, 0.2) is 12.6 Å². The first-order chi connectivity index (χ1) is 29.9. The molecule has 0 N–H and O–H groups in total. The Kier molecular flexibility index (Phi) is 11.3. The van der Waals surface area contributed by atoms with Crippen molar-refractivity contribution < 1.29 is 33.4 Å². The van der Waals surface area contributed by atoms with E-state index in [0.29, 0.717) is 63.9 Å². The summed E-state index contributed by atoms with van der Waals surface area (Å²) in [6.45, 7) is 12.6. The number of carbonyl (C=O) groups is 4. The molecule has 5 aliphatic rings. The SMILES string of the molecule is CC(C)CCCC(C)C1CCC2C3CCC4C(c5ccc(Oc6ccc7c(c6)C(=O)OC7=O)cc5)(c5cccc(Oc6ccc(C=O)c(C=O)c6)c5)CCCC4(C)C3CCC12C. The molecule has 4 aliphatic carbocycles. The van der Waals surface area contributed by atoms with Gasteiger partial charge in [-0.1, -0.05) is 84.6 Å².